The number of hydrogen-bond acceptors (Lipinski definition) is 7. The molecular formula is C36H46N2O5S2. The van der Waals surface area contributed by atoms with Crippen LogP contribution in [0.4, 0.5) is 11.4 Å². The summed E-state index contributed by atoms with van der Waals surface area (Å²) >= 11 is 1.56. The monoisotopic (exact) mass is 650 g/mol. The van der Waals surface area contributed by atoms with Crippen molar-refractivity contribution < 1.29 is 23.2 Å². The van der Waals surface area contributed by atoms with E-state index < -0.39 is 17.0 Å². The highest BCUT2D eigenvalue weighted by Crippen LogP contribution is 2.47. The Hall–Kier alpha value is -3.27. The van der Waals surface area contributed by atoms with Gasteiger partial charge in [0.15, 0.2) is 0 Å². The summed E-state index contributed by atoms with van der Waals surface area (Å²) in [5.41, 5.74) is 2.67. The molecule has 1 aliphatic rings. The number of unbranched alkanes of at least 4 members (excludes halogenated alkanes) is 2. The van der Waals surface area contributed by atoms with Crippen LogP contribution in [0, 0.1) is 0 Å². The summed E-state index contributed by atoms with van der Waals surface area (Å²) in [7, 11) is 1.47. The van der Waals surface area contributed by atoms with Gasteiger partial charge in [0.2, 0.25) is 0 Å². The number of esters is 1. The highest BCUT2D eigenvalue weighted by Gasteiger charge is 2.45. The van der Waals surface area contributed by atoms with Gasteiger partial charge in [-0.2, -0.15) is 0 Å². The van der Waals surface area contributed by atoms with E-state index in [1.54, 1.807) is 25.8 Å². The van der Waals surface area contributed by atoms with Crippen molar-refractivity contribution in [2.45, 2.75) is 81.2 Å². The number of fused-ring (bicyclic) bond motifs is 1. The first-order valence-electron chi connectivity index (χ1n) is 15.6. The molecule has 0 fully saturated rings. The summed E-state index contributed by atoms with van der Waals surface area (Å²) in [5, 5.41) is 0. The van der Waals surface area contributed by atoms with Crippen molar-refractivity contribution in [3.63, 3.8) is 0 Å². The van der Waals surface area contributed by atoms with Crippen molar-refractivity contribution in [2.75, 3.05) is 31.9 Å². The minimum absolute atomic E-state index is 0.368. The van der Waals surface area contributed by atoms with Gasteiger partial charge in [-0.15, -0.1) is 11.8 Å². The van der Waals surface area contributed by atoms with Crippen molar-refractivity contribution >= 4 is 40.1 Å². The molecule has 0 N–H and O–H groups in total. The molecular weight excluding hydrogens is 605 g/mol. The molecule has 1 unspecified atom stereocenters. The maximum Gasteiger partial charge on any atom is 0.333 e. The summed E-state index contributed by atoms with van der Waals surface area (Å²) in [4.78, 5) is 15.9. The first kappa shape index (κ1) is 34.6. The number of para-hydroxylation sites is 1. The van der Waals surface area contributed by atoms with Crippen LogP contribution >= 0.6 is 11.8 Å². The summed E-state index contributed by atoms with van der Waals surface area (Å²) in [6, 6.07) is 22.4. The van der Waals surface area contributed by atoms with Crippen molar-refractivity contribution in [3.8, 4) is 11.5 Å². The Bertz CT molecular complexity index is 1470. The molecule has 9 heteroatoms. The molecule has 242 valence electrons. The number of hydrogen-bond donors (Lipinski definition) is 0. The van der Waals surface area contributed by atoms with Crippen LogP contribution in [0.15, 0.2) is 88.4 Å². The molecule has 7 nitrogen and oxygen atoms in total. The lowest BCUT2D eigenvalue weighted by Gasteiger charge is -2.44. The average molecular weight is 651 g/mol. The maximum atomic E-state index is 15.2. The van der Waals surface area contributed by atoms with E-state index in [0.29, 0.717) is 29.5 Å². The standard InChI is InChI=1S/C36H46N2O5S2/c1-7-9-20-36(21-10-8-2)26-37(29-14-12-11-13-15-29)31-23-33(44-6)32(43-27(3)22-35(39)42-5)24-34(31)45(40)38(36)25-28-16-18-30(41-4)19-17-28/h11-19,22-24H,7-10,20-21,25-26H2,1-6H3/b27-22+. The van der Waals surface area contributed by atoms with Crippen LogP contribution in [0.2, 0.25) is 0 Å². The molecule has 3 aromatic carbocycles. The first-order valence-corrected chi connectivity index (χ1v) is 17.9. The molecule has 1 atom stereocenters. The smallest absolute Gasteiger partial charge is 0.333 e. The fourth-order valence-corrected chi connectivity index (χ4v) is 7.99. The van der Waals surface area contributed by atoms with Gasteiger partial charge in [0.25, 0.3) is 0 Å². The molecule has 1 heterocycles. The van der Waals surface area contributed by atoms with Gasteiger partial charge in [-0.05, 0) is 61.9 Å². The van der Waals surface area contributed by atoms with E-state index in [1.807, 2.05) is 30.5 Å². The van der Waals surface area contributed by atoms with Gasteiger partial charge in [0, 0.05) is 24.8 Å². The molecule has 0 bridgehead atoms. The van der Waals surface area contributed by atoms with E-state index in [2.05, 4.69) is 65.5 Å². The zero-order chi connectivity index (χ0) is 32.4. The second kappa shape index (κ2) is 16.3. The average Bonchev–Trinajstić information content (AvgIpc) is 3.15. The molecule has 0 spiro atoms. The Morgan fingerprint density at radius 1 is 1.00 bits per heavy atom. The first-order chi connectivity index (χ1) is 21.8. The van der Waals surface area contributed by atoms with E-state index in [4.69, 9.17) is 14.2 Å². The molecule has 4 rings (SSSR count). The van der Waals surface area contributed by atoms with Crippen LogP contribution in [0.1, 0.15) is 64.9 Å². The molecule has 0 amide bonds. The third-order valence-corrected chi connectivity index (χ3v) is 10.6. The van der Waals surface area contributed by atoms with Gasteiger partial charge in [-0.1, -0.05) is 69.9 Å². The minimum Gasteiger partial charge on any atom is -0.497 e. The van der Waals surface area contributed by atoms with Crippen LogP contribution in [0.5, 0.6) is 11.5 Å². The molecule has 3 aromatic rings. The number of methoxy groups -OCH3 is 2. The molecule has 0 saturated carbocycles. The summed E-state index contributed by atoms with van der Waals surface area (Å²) in [5.74, 6) is 1.25. The minimum atomic E-state index is -1.54. The fraction of sp³-hybridized carbons (Fsp3) is 0.417. The summed E-state index contributed by atoms with van der Waals surface area (Å²) in [6.45, 7) is 7.37. The Balaban J connectivity index is 1.95. The van der Waals surface area contributed by atoms with Crippen LogP contribution in [-0.4, -0.2) is 47.0 Å². The molecule has 0 aromatic heterocycles. The summed E-state index contributed by atoms with van der Waals surface area (Å²) < 4.78 is 33.9. The van der Waals surface area contributed by atoms with E-state index in [-0.39, 0.29) is 5.54 Å². The van der Waals surface area contributed by atoms with Crippen LogP contribution in [0.3, 0.4) is 0 Å². The third-order valence-electron chi connectivity index (χ3n) is 8.24. The van der Waals surface area contributed by atoms with Gasteiger partial charge in [-0.25, -0.2) is 13.3 Å². The SMILES string of the molecule is CCCCC1(CCCC)CN(c2ccccc2)c2cc(SC)c(O/C(C)=C/C(=O)OC)cc2S(=O)N1Cc1ccc(OC)cc1. The number of ether oxygens (including phenoxy) is 3. The molecule has 1 aliphatic heterocycles. The van der Waals surface area contributed by atoms with Crippen LogP contribution in [-0.2, 0) is 27.1 Å². The van der Waals surface area contributed by atoms with Crippen LogP contribution in [0.25, 0.3) is 0 Å². The lowest BCUT2D eigenvalue weighted by molar-refractivity contribution is -0.135. The number of carbonyl (C=O) groups excluding carboxylic acids is 1. The maximum absolute atomic E-state index is 15.2. The molecule has 0 aliphatic carbocycles. The van der Waals surface area contributed by atoms with Crippen molar-refractivity contribution in [2.24, 2.45) is 0 Å². The van der Waals surface area contributed by atoms with Gasteiger partial charge in [0.05, 0.1) is 41.3 Å². The van der Waals surface area contributed by atoms with Gasteiger partial charge in [0.1, 0.15) is 28.2 Å². The Morgan fingerprint density at radius 2 is 1.67 bits per heavy atom. The number of thioether (sulfide) groups is 1. The number of anilines is 2. The molecule has 0 radical (unpaired) electrons. The third kappa shape index (κ3) is 8.31. The molecule has 0 saturated heterocycles. The number of allylic oxidation sites excluding steroid dienone is 1. The predicted octanol–water partition coefficient (Wildman–Crippen LogP) is 8.67. The van der Waals surface area contributed by atoms with Gasteiger partial charge < -0.3 is 19.1 Å². The topological polar surface area (TPSA) is 68.3 Å². The zero-order valence-corrected chi connectivity index (χ0v) is 29.0. The van der Waals surface area contributed by atoms with Crippen molar-refractivity contribution in [1.29, 1.82) is 0 Å². The molecule has 45 heavy (non-hydrogen) atoms. The number of rotatable bonds is 14. The predicted molar refractivity (Wildman–Crippen MR) is 185 cm³/mol. The van der Waals surface area contributed by atoms with E-state index in [1.165, 1.54) is 13.2 Å². The largest absolute Gasteiger partial charge is 0.497 e. The Labute approximate surface area is 275 Å². The highest BCUT2D eigenvalue weighted by atomic mass is 32.2. The lowest BCUT2D eigenvalue weighted by Crippen LogP contribution is -2.54. The normalized spacial score (nSPS) is 16.5. The van der Waals surface area contributed by atoms with Crippen LogP contribution < -0.4 is 14.4 Å². The van der Waals surface area contributed by atoms with E-state index >= 15 is 4.21 Å². The van der Waals surface area contributed by atoms with E-state index in [9.17, 15) is 4.79 Å². The van der Waals surface area contributed by atoms with Gasteiger partial charge >= 0.3 is 5.97 Å². The van der Waals surface area contributed by atoms with Gasteiger partial charge in [-0.3, -0.25) is 0 Å². The second-order valence-corrected chi connectivity index (χ2v) is 13.6. The fourth-order valence-electron chi connectivity index (χ4n) is 5.81. The van der Waals surface area contributed by atoms with Crippen molar-refractivity contribution in [3.05, 3.63) is 84.1 Å². The van der Waals surface area contributed by atoms with E-state index in [0.717, 1.165) is 66.1 Å². The Morgan fingerprint density at radius 3 is 2.24 bits per heavy atom. The Kier molecular flexibility index (Phi) is 12.6. The van der Waals surface area contributed by atoms with Crippen molar-refractivity contribution in [1.82, 2.24) is 4.31 Å². The summed E-state index contributed by atoms with van der Waals surface area (Å²) in [6.07, 6.45) is 9.31. The number of nitrogens with zero attached hydrogens (tertiary/aromatic N) is 2. The zero-order valence-electron chi connectivity index (χ0n) is 27.3. The number of carbonyl (C=O) groups is 1. The lowest BCUT2D eigenvalue weighted by atomic mass is 9.85. The second-order valence-electron chi connectivity index (χ2n) is 11.3. The number of benzene rings is 3. The quantitative estimate of drug-likeness (QED) is 0.0749. The highest BCUT2D eigenvalue weighted by molar-refractivity contribution is 7.98.